The Balaban J connectivity index is 2.03. The van der Waals surface area contributed by atoms with Crippen LogP contribution in [0.2, 0.25) is 0 Å². The molecule has 0 aliphatic heterocycles. The summed E-state index contributed by atoms with van der Waals surface area (Å²) in [6.07, 6.45) is 1.91. The number of ether oxygens (including phenoxy) is 1. The van der Waals surface area contributed by atoms with E-state index in [0.29, 0.717) is 6.61 Å². The van der Waals surface area contributed by atoms with E-state index < -0.39 is 0 Å². The zero-order valence-corrected chi connectivity index (χ0v) is 10.2. The number of aryl methyl sites for hydroxylation is 1. The molecule has 0 aliphatic carbocycles. The van der Waals surface area contributed by atoms with Gasteiger partial charge in [-0.25, -0.2) is 0 Å². The second-order valence-electron chi connectivity index (χ2n) is 3.91. The predicted octanol–water partition coefficient (Wildman–Crippen LogP) is 1.72. The number of nitrogens with zero attached hydrogens (tertiary/aromatic N) is 2. The first-order valence-electron chi connectivity index (χ1n) is 5.63. The van der Waals surface area contributed by atoms with E-state index in [1.54, 1.807) is 4.68 Å². The minimum absolute atomic E-state index is 0.502. The van der Waals surface area contributed by atoms with Crippen molar-refractivity contribution in [2.75, 3.05) is 7.05 Å². The molecule has 0 saturated carbocycles. The molecule has 0 unspecified atom stereocenters. The Morgan fingerprint density at radius 2 is 2.12 bits per heavy atom. The van der Waals surface area contributed by atoms with Crippen molar-refractivity contribution >= 4 is 0 Å². The van der Waals surface area contributed by atoms with Crippen LogP contribution in [-0.4, -0.2) is 16.8 Å². The second kappa shape index (κ2) is 5.50. The minimum Gasteiger partial charge on any atom is -0.487 e. The maximum Gasteiger partial charge on any atom is 0.132 e. The van der Waals surface area contributed by atoms with Crippen molar-refractivity contribution in [1.29, 1.82) is 0 Å². The average Bonchev–Trinajstić information content (AvgIpc) is 2.74. The predicted molar refractivity (Wildman–Crippen MR) is 66.7 cm³/mol. The molecular formula is C13H17N3O. The Kier molecular flexibility index (Phi) is 3.77. The highest BCUT2D eigenvalue weighted by molar-refractivity contribution is 5.33. The highest BCUT2D eigenvalue weighted by Crippen LogP contribution is 2.18. The van der Waals surface area contributed by atoms with Crippen LogP contribution in [0.4, 0.5) is 0 Å². The fourth-order valence-electron chi connectivity index (χ4n) is 1.67. The molecule has 0 atom stereocenters. The summed E-state index contributed by atoms with van der Waals surface area (Å²) in [5.74, 6) is 0.910. The molecular weight excluding hydrogens is 214 g/mol. The number of hydrogen-bond acceptors (Lipinski definition) is 3. The average molecular weight is 231 g/mol. The van der Waals surface area contributed by atoms with Crippen LogP contribution < -0.4 is 10.1 Å². The first kappa shape index (κ1) is 11.7. The van der Waals surface area contributed by atoms with Crippen molar-refractivity contribution < 1.29 is 4.74 Å². The molecule has 2 aromatic rings. The summed E-state index contributed by atoms with van der Waals surface area (Å²) < 4.78 is 7.55. The van der Waals surface area contributed by atoms with Crippen LogP contribution in [0.25, 0.3) is 0 Å². The van der Waals surface area contributed by atoms with Gasteiger partial charge in [0.2, 0.25) is 0 Å². The van der Waals surface area contributed by atoms with Gasteiger partial charge in [-0.05, 0) is 19.2 Å². The number of nitrogens with one attached hydrogen (secondary N) is 1. The van der Waals surface area contributed by atoms with Crippen molar-refractivity contribution in [3.05, 3.63) is 47.8 Å². The van der Waals surface area contributed by atoms with Crippen LogP contribution in [0.15, 0.2) is 36.5 Å². The smallest absolute Gasteiger partial charge is 0.132 e. The quantitative estimate of drug-likeness (QED) is 0.851. The molecule has 1 N–H and O–H groups in total. The monoisotopic (exact) mass is 231 g/mol. The van der Waals surface area contributed by atoms with Crippen LogP contribution in [-0.2, 0) is 20.2 Å². The summed E-state index contributed by atoms with van der Waals surface area (Å²) >= 11 is 0. The largest absolute Gasteiger partial charge is 0.487 e. The highest BCUT2D eigenvalue weighted by atomic mass is 16.5. The molecule has 1 aromatic carbocycles. The summed E-state index contributed by atoms with van der Waals surface area (Å²) in [7, 11) is 3.83. The first-order valence-corrected chi connectivity index (χ1v) is 5.63. The Labute approximate surface area is 101 Å². The molecule has 17 heavy (non-hydrogen) atoms. The third-order valence-corrected chi connectivity index (χ3v) is 2.48. The van der Waals surface area contributed by atoms with Crippen LogP contribution in [0.3, 0.4) is 0 Å². The van der Waals surface area contributed by atoms with Gasteiger partial charge in [-0.1, -0.05) is 18.2 Å². The molecule has 4 heteroatoms. The molecule has 0 saturated heterocycles. The van der Waals surface area contributed by atoms with E-state index in [2.05, 4.69) is 16.5 Å². The lowest BCUT2D eigenvalue weighted by Gasteiger charge is -2.09. The van der Waals surface area contributed by atoms with Gasteiger partial charge < -0.3 is 10.1 Å². The fraction of sp³-hybridized carbons (Fsp3) is 0.308. The third kappa shape index (κ3) is 3.07. The number of para-hydroxylation sites is 1. The molecule has 1 heterocycles. The summed E-state index contributed by atoms with van der Waals surface area (Å²) in [5, 5.41) is 7.40. The molecule has 4 nitrogen and oxygen atoms in total. The summed E-state index contributed by atoms with van der Waals surface area (Å²) in [6, 6.07) is 9.99. The van der Waals surface area contributed by atoms with Gasteiger partial charge in [0.25, 0.3) is 0 Å². The molecule has 0 radical (unpaired) electrons. The van der Waals surface area contributed by atoms with Gasteiger partial charge in [0.05, 0.1) is 5.69 Å². The van der Waals surface area contributed by atoms with Gasteiger partial charge in [0.15, 0.2) is 0 Å². The van der Waals surface area contributed by atoms with Gasteiger partial charge in [-0.15, -0.1) is 0 Å². The standard InChI is InChI=1S/C13H17N3O/c1-14-9-11-5-3-4-6-13(11)17-10-12-7-8-16(2)15-12/h3-8,14H,9-10H2,1-2H3. The molecule has 2 rings (SSSR count). The SMILES string of the molecule is CNCc1ccccc1OCc1ccn(C)n1. The van der Waals surface area contributed by atoms with E-state index in [9.17, 15) is 0 Å². The fourth-order valence-corrected chi connectivity index (χ4v) is 1.67. The molecule has 0 fully saturated rings. The number of rotatable bonds is 5. The Bertz CT molecular complexity index is 479. The molecule has 90 valence electrons. The van der Waals surface area contributed by atoms with Gasteiger partial charge in [-0.3, -0.25) is 4.68 Å². The first-order chi connectivity index (χ1) is 8.29. The zero-order valence-electron chi connectivity index (χ0n) is 10.2. The van der Waals surface area contributed by atoms with Gasteiger partial charge in [0, 0.05) is 25.4 Å². The van der Waals surface area contributed by atoms with Crippen molar-refractivity contribution in [2.45, 2.75) is 13.2 Å². The Morgan fingerprint density at radius 3 is 2.82 bits per heavy atom. The lowest BCUT2D eigenvalue weighted by molar-refractivity contribution is 0.296. The van der Waals surface area contributed by atoms with Crippen LogP contribution >= 0.6 is 0 Å². The van der Waals surface area contributed by atoms with E-state index in [1.807, 2.05) is 44.6 Å². The summed E-state index contributed by atoms with van der Waals surface area (Å²) in [4.78, 5) is 0. The van der Waals surface area contributed by atoms with Crippen molar-refractivity contribution in [3.8, 4) is 5.75 Å². The van der Waals surface area contributed by atoms with Crippen molar-refractivity contribution in [1.82, 2.24) is 15.1 Å². The van der Waals surface area contributed by atoms with Crippen LogP contribution in [0, 0.1) is 0 Å². The number of benzene rings is 1. The van der Waals surface area contributed by atoms with E-state index in [0.717, 1.165) is 23.6 Å². The van der Waals surface area contributed by atoms with E-state index in [1.165, 1.54) is 0 Å². The van der Waals surface area contributed by atoms with Gasteiger partial charge in [0.1, 0.15) is 12.4 Å². The molecule has 0 amide bonds. The molecule has 0 spiro atoms. The van der Waals surface area contributed by atoms with Crippen LogP contribution in [0.1, 0.15) is 11.3 Å². The zero-order chi connectivity index (χ0) is 12.1. The Hall–Kier alpha value is -1.81. The summed E-state index contributed by atoms with van der Waals surface area (Å²) in [5.41, 5.74) is 2.10. The molecule has 0 aliphatic rings. The Morgan fingerprint density at radius 1 is 1.29 bits per heavy atom. The minimum atomic E-state index is 0.502. The summed E-state index contributed by atoms with van der Waals surface area (Å²) in [6.45, 7) is 1.31. The lowest BCUT2D eigenvalue weighted by Crippen LogP contribution is -2.07. The van der Waals surface area contributed by atoms with E-state index >= 15 is 0 Å². The second-order valence-corrected chi connectivity index (χ2v) is 3.91. The lowest BCUT2D eigenvalue weighted by atomic mass is 10.2. The van der Waals surface area contributed by atoms with Crippen molar-refractivity contribution in [2.24, 2.45) is 7.05 Å². The third-order valence-electron chi connectivity index (χ3n) is 2.48. The van der Waals surface area contributed by atoms with Crippen LogP contribution in [0.5, 0.6) is 5.75 Å². The van der Waals surface area contributed by atoms with Gasteiger partial charge >= 0.3 is 0 Å². The number of hydrogen-bond donors (Lipinski definition) is 1. The molecule has 1 aromatic heterocycles. The normalized spacial score (nSPS) is 10.5. The van der Waals surface area contributed by atoms with E-state index in [4.69, 9.17) is 4.74 Å². The van der Waals surface area contributed by atoms with E-state index in [-0.39, 0.29) is 0 Å². The highest BCUT2D eigenvalue weighted by Gasteiger charge is 2.03. The van der Waals surface area contributed by atoms with Crippen molar-refractivity contribution in [3.63, 3.8) is 0 Å². The molecule has 0 bridgehead atoms. The maximum absolute atomic E-state index is 5.77. The topological polar surface area (TPSA) is 39.1 Å². The number of aromatic nitrogens is 2. The maximum atomic E-state index is 5.77. The van der Waals surface area contributed by atoms with Gasteiger partial charge in [-0.2, -0.15) is 5.10 Å².